The van der Waals surface area contributed by atoms with E-state index in [1.54, 1.807) is 0 Å². The molecule has 1 saturated carbocycles. The van der Waals surface area contributed by atoms with E-state index in [2.05, 4.69) is 19.9 Å². The summed E-state index contributed by atoms with van der Waals surface area (Å²) in [5.74, 6) is 0.710. The largest absolute Gasteiger partial charge is 0.388 e. The van der Waals surface area contributed by atoms with Gasteiger partial charge in [0.05, 0.1) is 18.8 Å². The Bertz CT molecular complexity index is 330. The van der Waals surface area contributed by atoms with Gasteiger partial charge in [0.1, 0.15) is 0 Å². The SMILES string of the molecule is CC/C=C\C(=C/C(C)OCC1CCCCCC1)C(O)CCN. The van der Waals surface area contributed by atoms with Crippen LogP contribution >= 0.6 is 0 Å². The van der Waals surface area contributed by atoms with E-state index >= 15 is 0 Å². The molecule has 0 heterocycles. The molecule has 128 valence electrons. The van der Waals surface area contributed by atoms with Gasteiger partial charge in [-0.3, -0.25) is 0 Å². The van der Waals surface area contributed by atoms with Crippen molar-refractivity contribution in [2.45, 2.75) is 77.4 Å². The summed E-state index contributed by atoms with van der Waals surface area (Å²) in [6, 6.07) is 0. The number of hydrogen-bond acceptors (Lipinski definition) is 3. The lowest BCUT2D eigenvalue weighted by atomic mass is 10.0. The molecule has 3 N–H and O–H groups in total. The van der Waals surface area contributed by atoms with Gasteiger partial charge in [0.25, 0.3) is 0 Å². The van der Waals surface area contributed by atoms with E-state index < -0.39 is 6.10 Å². The lowest BCUT2D eigenvalue weighted by molar-refractivity contribution is 0.0616. The Balaban J connectivity index is 2.51. The first kappa shape index (κ1) is 19.4. The average Bonchev–Trinajstić information content (AvgIpc) is 2.78. The molecule has 0 aromatic heterocycles. The summed E-state index contributed by atoms with van der Waals surface area (Å²) in [4.78, 5) is 0. The van der Waals surface area contributed by atoms with E-state index in [9.17, 15) is 5.11 Å². The van der Waals surface area contributed by atoms with Crippen LogP contribution in [0.2, 0.25) is 0 Å². The van der Waals surface area contributed by atoms with Crippen LogP contribution in [0.25, 0.3) is 0 Å². The van der Waals surface area contributed by atoms with Gasteiger partial charge in [-0.05, 0) is 50.6 Å². The number of aliphatic hydroxyl groups is 1. The smallest absolute Gasteiger partial charge is 0.0799 e. The quantitative estimate of drug-likeness (QED) is 0.500. The zero-order chi connectivity index (χ0) is 16.2. The molecule has 0 amide bonds. The molecule has 1 aliphatic carbocycles. The third-order valence-electron chi connectivity index (χ3n) is 4.37. The van der Waals surface area contributed by atoms with E-state index in [0.717, 1.165) is 18.6 Å². The molecule has 1 rings (SSSR count). The third kappa shape index (κ3) is 8.11. The Morgan fingerprint density at radius 1 is 1.27 bits per heavy atom. The number of rotatable bonds is 9. The molecule has 1 fully saturated rings. The van der Waals surface area contributed by atoms with Crippen molar-refractivity contribution in [2.24, 2.45) is 11.7 Å². The summed E-state index contributed by atoms with van der Waals surface area (Å²) in [7, 11) is 0. The Labute approximate surface area is 136 Å². The van der Waals surface area contributed by atoms with Gasteiger partial charge in [0, 0.05) is 0 Å². The highest BCUT2D eigenvalue weighted by Gasteiger charge is 2.14. The van der Waals surface area contributed by atoms with Gasteiger partial charge in [-0.2, -0.15) is 0 Å². The molecule has 0 radical (unpaired) electrons. The fourth-order valence-electron chi connectivity index (χ4n) is 2.99. The van der Waals surface area contributed by atoms with Gasteiger partial charge in [-0.1, -0.05) is 50.8 Å². The van der Waals surface area contributed by atoms with Crippen LogP contribution in [0.4, 0.5) is 0 Å². The molecule has 0 aromatic carbocycles. The third-order valence-corrected chi connectivity index (χ3v) is 4.37. The second kappa shape index (κ2) is 11.9. The molecule has 3 nitrogen and oxygen atoms in total. The highest BCUT2D eigenvalue weighted by molar-refractivity contribution is 5.24. The molecule has 0 saturated heterocycles. The van der Waals surface area contributed by atoms with Gasteiger partial charge >= 0.3 is 0 Å². The number of nitrogens with two attached hydrogens (primary N) is 1. The van der Waals surface area contributed by atoms with Gasteiger partial charge in [-0.25, -0.2) is 0 Å². The van der Waals surface area contributed by atoms with Crippen molar-refractivity contribution in [3.05, 3.63) is 23.8 Å². The van der Waals surface area contributed by atoms with Crippen molar-refractivity contribution in [1.82, 2.24) is 0 Å². The first-order valence-electron chi connectivity index (χ1n) is 9.05. The van der Waals surface area contributed by atoms with E-state index in [1.165, 1.54) is 38.5 Å². The van der Waals surface area contributed by atoms with E-state index in [4.69, 9.17) is 10.5 Å². The Hall–Kier alpha value is -0.640. The summed E-state index contributed by atoms with van der Waals surface area (Å²) < 4.78 is 6.02. The minimum Gasteiger partial charge on any atom is -0.388 e. The second-order valence-electron chi connectivity index (χ2n) is 6.47. The number of hydrogen-bond donors (Lipinski definition) is 2. The van der Waals surface area contributed by atoms with Crippen LogP contribution in [-0.4, -0.2) is 30.5 Å². The maximum absolute atomic E-state index is 10.2. The molecule has 0 spiro atoms. The van der Waals surface area contributed by atoms with E-state index in [0.29, 0.717) is 18.9 Å². The summed E-state index contributed by atoms with van der Waals surface area (Å²) in [6.07, 6.45) is 15.3. The zero-order valence-electron chi connectivity index (χ0n) is 14.5. The highest BCUT2D eigenvalue weighted by atomic mass is 16.5. The fourth-order valence-corrected chi connectivity index (χ4v) is 2.99. The molecule has 0 aromatic rings. The van der Waals surface area contributed by atoms with Crippen molar-refractivity contribution in [1.29, 1.82) is 0 Å². The van der Waals surface area contributed by atoms with E-state index in [1.807, 2.05) is 12.2 Å². The van der Waals surface area contributed by atoms with Crippen LogP contribution in [0, 0.1) is 5.92 Å². The van der Waals surface area contributed by atoms with Crippen molar-refractivity contribution >= 4 is 0 Å². The van der Waals surface area contributed by atoms with Crippen LogP contribution in [0.5, 0.6) is 0 Å². The summed E-state index contributed by atoms with van der Waals surface area (Å²) in [5, 5.41) is 10.2. The predicted molar refractivity (Wildman–Crippen MR) is 93.8 cm³/mol. The fraction of sp³-hybridized carbons (Fsp3) is 0.789. The highest BCUT2D eigenvalue weighted by Crippen LogP contribution is 2.23. The summed E-state index contributed by atoms with van der Waals surface area (Å²) in [5.41, 5.74) is 6.49. The molecular weight excluding hydrogens is 274 g/mol. The van der Waals surface area contributed by atoms with Gasteiger partial charge in [0.15, 0.2) is 0 Å². The average molecular weight is 309 g/mol. The van der Waals surface area contributed by atoms with Crippen molar-refractivity contribution in [3.63, 3.8) is 0 Å². The van der Waals surface area contributed by atoms with Crippen LogP contribution in [-0.2, 0) is 4.74 Å². The van der Waals surface area contributed by atoms with Crippen LogP contribution in [0.15, 0.2) is 23.8 Å². The van der Waals surface area contributed by atoms with E-state index in [-0.39, 0.29) is 6.10 Å². The van der Waals surface area contributed by atoms with Crippen molar-refractivity contribution in [3.8, 4) is 0 Å². The Kier molecular flexibility index (Phi) is 10.5. The second-order valence-corrected chi connectivity index (χ2v) is 6.47. The normalized spacial score (nSPS) is 21.0. The molecule has 2 atom stereocenters. The summed E-state index contributed by atoms with van der Waals surface area (Å²) in [6.45, 7) is 5.49. The Morgan fingerprint density at radius 2 is 1.95 bits per heavy atom. The number of ether oxygens (including phenoxy) is 1. The lowest BCUT2D eigenvalue weighted by Gasteiger charge is -2.18. The Morgan fingerprint density at radius 3 is 2.55 bits per heavy atom. The van der Waals surface area contributed by atoms with Crippen LogP contribution in [0.1, 0.15) is 65.2 Å². The van der Waals surface area contributed by atoms with Gasteiger partial charge in [-0.15, -0.1) is 0 Å². The minimum absolute atomic E-state index is 0.0344. The molecule has 0 bridgehead atoms. The van der Waals surface area contributed by atoms with Gasteiger partial charge in [0.2, 0.25) is 0 Å². The number of aliphatic hydroxyl groups excluding tert-OH is 1. The van der Waals surface area contributed by atoms with Gasteiger partial charge < -0.3 is 15.6 Å². The molecular formula is C19H35NO2. The topological polar surface area (TPSA) is 55.5 Å². The predicted octanol–water partition coefficient (Wildman–Crippen LogP) is 3.96. The maximum Gasteiger partial charge on any atom is 0.0799 e. The molecule has 3 heteroatoms. The van der Waals surface area contributed by atoms with Crippen LogP contribution < -0.4 is 5.73 Å². The first-order valence-corrected chi connectivity index (χ1v) is 9.05. The number of allylic oxidation sites excluding steroid dienone is 1. The zero-order valence-corrected chi connectivity index (χ0v) is 14.5. The minimum atomic E-state index is -0.489. The first-order chi connectivity index (χ1) is 10.7. The molecule has 2 unspecified atom stereocenters. The van der Waals surface area contributed by atoms with Crippen LogP contribution in [0.3, 0.4) is 0 Å². The van der Waals surface area contributed by atoms with Crippen molar-refractivity contribution in [2.75, 3.05) is 13.2 Å². The summed E-state index contributed by atoms with van der Waals surface area (Å²) >= 11 is 0. The van der Waals surface area contributed by atoms with Crippen molar-refractivity contribution < 1.29 is 9.84 Å². The monoisotopic (exact) mass is 309 g/mol. The lowest BCUT2D eigenvalue weighted by Crippen LogP contribution is -2.18. The molecule has 0 aliphatic heterocycles. The maximum atomic E-state index is 10.2. The molecule has 22 heavy (non-hydrogen) atoms. The molecule has 1 aliphatic rings. The standard InChI is InChI=1S/C19H35NO2/c1-3-4-11-18(19(21)12-13-20)14-16(2)22-15-17-9-7-5-6-8-10-17/h4,11,14,16-17,19,21H,3,5-10,12-13,15,20H2,1-2H3/b11-4-,18-14+.